The molecule has 1 heterocycles. The maximum atomic E-state index is 6.32. The van der Waals surface area contributed by atoms with E-state index in [0.717, 1.165) is 33.7 Å². The van der Waals surface area contributed by atoms with Crippen molar-refractivity contribution in [3.8, 4) is 0 Å². The SMILES string of the molecule is CC(C)CNCc1c(Cl)cccc1Sc1ncccn1. The Labute approximate surface area is 129 Å². The molecule has 5 heteroatoms. The van der Waals surface area contributed by atoms with Crippen LogP contribution in [0.1, 0.15) is 19.4 Å². The van der Waals surface area contributed by atoms with E-state index in [2.05, 4.69) is 35.2 Å². The Balaban J connectivity index is 2.13. The molecule has 20 heavy (non-hydrogen) atoms. The monoisotopic (exact) mass is 307 g/mol. The molecule has 0 unspecified atom stereocenters. The lowest BCUT2D eigenvalue weighted by atomic mass is 10.2. The first-order valence-electron chi connectivity index (χ1n) is 6.60. The second-order valence-corrected chi connectivity index (χ2v) is 6.29. The smallest absolute Gasteiger partial charge is 0.192 e. The van der Waals surface area contributed by atoms with Gasteiger partial charge in [0.15, 0.2) is 5.16 Å². The van der Waals surface area contributed by atoms with E-state index in [1.54, 1.807) is 24.2 Å². The van der Waals surface area contributed by atoms with Gasteiger partial charge in [-0.3, -0.25) is 0 Å². The number of nitrogens with zero attached hydrogens (tertiary/aromatic N) is 2. The lowest BCUT2D eigenvalue weighted by molar-refractivity contribution is 0.550. The molecule has 1 aromatic heterocycles. The van der Waals surface area contributed by atoms with Gasteiger partial charge in [-0.25, -0.2) is 9.97 Å². The molecule has 3 nitrogen and oxygen atoms in total. The van der Waals surface area contributed by atoms with Gasteiger partial charge in [0.05, 0.1) is 0 Å². The van der Waals surface area contributed by atoms with Gasteiger partial charge < -0.3 is 5.32 Å². The molecule has 1 N–H and O–H groups in total. The summed E-state index contributed by atoms with van der Waals surface area (Å²) in [6, 6.07) is 7.75. The zero-order valence-corrected chi connectivity index (χ0v) is 13.2. The van der Waals surface area contributed by atoms with Crippen LogP contribution in [-0.2, 0) is 6.54 Å². The molecule has 0 atom stereocenters. The quantitative estimate of drug-likeness (QED) is 0.818. The Bertz CT molecular complexity index is 546. The molecular formula is C15H18ClN3S. The van der Waals surface area contributed by atoms with Gasteiger partial charge in [-0.2, -0.15) is 0 Å². The van der Waals surface area contributed by atoms with Gasteiger partial charge in [0, 0.05) is 28.9 Å². The van der Waals surface area contributed by atoms with Crippen LogP contribution in [-0.4, -0.2) is 16.5 Å². The molecule has 2 rings (SSSR count). The third-order valence-corrected chi connectivity index (χ3v) is 4.02. The minimum Gasteiger partial charge on any atom is -0.312 e. The third-order valence-electron chi connectivity index (χ3n) is 2.67. The van der Waals surface area contributed by atoms with E-state index in [-0.39, 0.29) is 0 Å². The van der Waals surface area contributed by atoms with Gasteiger partial charge in [0.2, 0.25) is 0 Å². The van der Waals surface area contributed by atoms with E-state index >= 15 is 0 Å². The number of benzene rings is 1. The molecule has 0 spiro atoms. The van der Waals surface area contributed by atoms with Gasteiger partial charge in [-0.1, -0.05) is 31.5 Å². The van der Waals surface area contributed by atoms with Crippen LogP contribution in [0.5, 0.6) is 0 Å². The van der Waals surface area contributed by atoms with E-state index in [9.17, 15) is 0 Å². The highest BCUT2D eigenvalue weighted by molar-refractivity contribution is 7.99. The van der Waals surface area contributed by atoms with Gasteiger partial charge in [0.1, 0.15) is 0 Å². The minimum absolute atomic E-state index is 0.617. The Hall–Kier alpha value is -1.10. The van der Waals surface area contributed by atoms with Crippen molar-refractivity contribution in [2.75, 3.05) is 6.54 Å². The fraction of sp³-hybridized carbons (Fsp3) is 0.333. The second kappa shape index (κ2) is 7.62. The van der Waals surface area contributed by atoms with Crippen molar-refractivity contribution in [2.45, 2.75) is 30.4 Å². The number of aromatic nitrogens is 2. The second-order valence-electron chi connectivity index (χ2n) is 4.87. The Morgan fingerprint density at radius 1 is 1.20 bits per heavy atom. The van der Waals surface area contributed by atoms with Crippen LogP contribution >= 0.6 is 23.4 Å². The van der Waals surface area contributed by atoms with Gasteiger partial charge >= 0.3 is 0 Å². The summed E-state index contributed by atoms with van der Waals surface area (Å²) in [4.78, 5) is 9.58. The molecule has 2 aromatic rings. The highest BCUT2D eigenvalue weighted by atomic mass is 35.5. The highest BCUT2D eigenvalue weighted by Crippen LogP contribution is 2.31. The standard InChI is InChI=1S/C15H18ClN3S/c1-11(2)9-17-10-12-13(16)5-3-6-14(12)20-15-18-7-4-8-19-15/h3-8,11,17H,9-10H2,1-2H3. The van der Waals surface area contributed by atoms with Crippen molar-refractivity contribution in [3.05, 3.63) is 47.2 Å². The van der Waals surface area contributed by atoms with Crippen LogP contribution in [0.2, 0.25) is 5.02 Å². The number of nitrogens with one attached hydrogen (secondary N) is 1. The third kappa shape index (κ3) is 4.47. The number of hydrogen-bond acceptors (Lipinski definition) is 4. The van der Waals surface area contributed by atoms with Gasteiger partial charge in [-0.15, -0.1) is 0 Å². The molecule has 0 fully saturated rings. The summed E-state index contributed by atoms with van der Waals surface area (Å²) >= 11 is 7.86. The Morgan fingerprint density at radius 2 is 1.95 bits per heavy atom. The molecule has 0 saturated heterocycles. The van der Waals surface area contributed by atoms with Gasteiger partial charge in [0.25, 0.3) is 0 Å². The van der Waals surface area contributed by atoms with Crippen molar-refractivity contribution in [2.24, 2.45) is 5.92 Å². The minimum atomic E-state index is 0.617. The Kier molecular flexibility index (Phi) is 5.83. The highest BCUT2D eigenvalue weighted by Gasteiger charge is 2.09. The van der Waals surface area contributed by atoms with Crippen LogP contribution < -0.4 is 5.32 Å². The van der Waals surface area contributed by atoms with E-state index in [1.807, 2.05) is 18.2 Å². The predicted molar refractivity (Wildman–Crippen MR) is 84.2 cm³/mol. The summed E-state index contributed by atoms with van der Waals surface area (Å²) in [7, 11) is 0. The summed E-state index contributed by atoms with van der Waals surface area (Å²) in [5.74, 6) is 0.617. The van der Waals surface area contributed by atoms with Crippen LogP contribution in [0.3, 0.4) is 0 Å². The van der Waals surface area contributed by atoms with Gasteiger partial charge in [-0.05, 0) is 48.0 Å². The number of halogens is 1. The molecule has 0 radical (unpaired) electrons. The first kappa shape index (κ1) is 15.3. The number of rotatable bonds is 6. The average molecular weight is 308 g/mol. The molecule has 1 aromatic carbocycles. The molecule has 106 valence electrons. The maximum Gasteiger partial charge on any atom is 0.192 e. The summed E-state index contributed by atoms with van der Waals surface area (Å²) in [6.45, 7) is 6.10. The molecule has 0 aliphatic heterocycles. The topological polar surface area (TPSA) is 37.8 Å². The maximum absolute atomic E-state index is 6.32. The van der Waals surface area contributed by atoms with Crippen molar-refractivity contribution < 1.29 is 0 Å². The Morgan fingerprint density at radius 3 is 2.65 bits per heavy atom. The van der Waals surface area contributed by atoms with Crippen molar-refractivity contribution in [1.82, 2.24) is 15.3 Å². The van der Waals surface area contributed by atoms with Crippen molar-refractivity contribution >= 4 is 23.4 Å². The molecule has 0 aliphatic rings. The summed E-state index contributed by atoms with van der Waals surface area (Å²) in [5, 5.41) is 4.95. The van der Waals surface area contributed by atoms with Crippen LogP contribution in [0.4, 0.5) is 0 Å². The fourth-order valence-electron chi connectivity index (χ4n) is 1.73. The van der Waals surface area contributed by atoms with E-state index in [0.29, 0.717) is 5.92 Å². The molecular weight excluding hydrogens is 290 g/mol. The fourth-order valence-corrected chi connectivity index (χ4v) is 2.90. The molecule has 0 bridgehead atoms. The molecule has 0 amide bonds. The molecule has 0 aliphatic carbocycles. The van der Waals surface area contributed by atoms with Crippen LogP contribution in [0, 0.1) is 5.92 Å². The molecule has 0 saturated carbocycles. The summed E-state index contributed by atoms with van der Waals surface area (Å²) < 4.78 is 0. The van der Waals surface area contributed by atoms with Crippen molar-refractivity contribution in [1.29, 1.82) is 0 Å². The predicted octanol–water partition coefficient (Wildman–Crippen LogP) is 4.03. The normalized spacial score (nSPS) is 11.0. The number of hydrogen-bond donors (Lipinski definition) is 1. The van der Waals surface area contributed by atoms with E-state index < -0.39 is 0 Å². The van der Waals surface area contributed by atoms with Crippen LogP contribution in [0.15, 0.2) is 46.7 Å². The van der Waals surface area contributed by atoms with Crippen molar-refractivity contribution in [3.63, 3.8) is 0 Å². The lowest BCUT2D eigenvalue weighted by Gasteiger charge is -2.12. The lowest BCUT2D eigenvalue weighted by Crippen LogP contribution is -2.19. The summed E-state index contributed by atoms with van der Waals surface area (Å²) in [5.41, 5.74) is 1.10. The van der Waals surface area contributed by atoms with E-state index in [1.165, 1.54) is 0 Å². The summed E-state index contributed by atoms with van der Waals surface area (Å²) in [6.07, 6.45) is 3.49. The largest absolute Gasteiger partial charge is 0.312 e. The van der Waals surface area contributed by atoms with E-state index in [4.69, 9.17) is 11.6 Å². The average Bonchev–Trinajstić information content (AvgIpc) is 2.43. The first-order chi connectivity index (χ1) is 9.66. The van der Waals surface area contributed by atoms with Crippen LogP contribution in [0.25, 0.3) is 0 Å². The zero-order valence-electron chi connectivity index (χ0n) is 11.6. The first-order valence-corrected chi connectivity index (χ1v) is 7.79. The zero-order chi connectivity index (χ0) is 14.4.